The van der Waals surface area contributed by atoms with Gasteiger partial charge in [0.15, 0.2) is 0 Å². The van der Waals surface area contributed by atoms with Gasteiger partial charge in [-0.05, 0) is 43.7 Å². The molecule has 2 rings (SSSR count). The summed E-state index contributed by atoms with van der Waals surface area (Å²) in [6, 6.07) is 3.55. The number of likely N-dealkylation sites (tertiary alicyclic amines) is 1. The minimum absolute atomic E-state index is 0.0601. The number of nitrogens with one attached hydrogen (secondary N) is 1. The molecule has 5 heteroatoms. The second-order valence-electron chi connectivity index (χ2n) is 6.59. The zero-order valence-corrected chi connectivity index (χ0v) is 14.3. The molecule has 2 heterocycles. The van der Waals surface area contributed by atoms with Crippen LogP contribution < -0.4 is 5.32 Å². The van der Waals surface area contributed by atoms with Crippen LogP contribution >= 0.6 is 0 Å². The Balaban J connectivity index is 2.12. The molecule has 1 aromatic rings. The van der Waals surface area contributed by atoms with Crippen LogP contribution in [-0.4, -0.2) is 40.8 Å². The monoisotopic (exact) mass is 317 g/mol. The first kappa shape index (κ1) is 17.4. The summed E-state index contributed by atoms with van der Waals surface area (Å²) in [6.45, 7) is 7.60. The predicted octanol–water partition coefficient (Wildman–Crippen LogP) is 2.87. The molecule has 0 aromatic carbocycles. The van der Waals surface area contributed by atoms with Gasteiger partial charge in [-0.2, -0.15) is 0 Å². The molecule has 0 saturated carbocycles. The van der Waals surface area contributed by atoms with Crippen molar-refractivity contribution in [1.82, 2.24) is 15.2 Å². The Morgan fingerprint density at radius 1 is 1.39 bits per heavy atom. The highest BCUT2D eigenvalue weighted by Gasteiger charge is 2.27. The van der Waals surface area contributed by atoms with Crippen LogP contribution in [0.3, 0.4) is 0 Å². The van der Waals surface area contributed by atoms with Crippen LogP contribution in [0.2, 0.25) is 0 Å². The number of carbonyl (C=O) groups is 2. The lowest BCUT2D eigenvalue weighted by Crippen LogP contribution is -2.43. The summed E-state index contributed by atoms with van der Waals surface area (Å²) in [4.78, 5) is 31.0. The number of carbonyl (C=O) groups excluding carboxylic acids is 2. The number of pyridine rings is 1. The highest BCUT2D eigenvalue weighted by atomic mass is 16.2. The van der Waals surface area contributed by atoms with Gasteiger partial charge in [0.25, 0.3) is 11.8 Å². The number of piperidine rings is 1. The minimum Gasteiger partial charge on any atom is -0.352 e. The van der Waals surface area contributed by atoms with E-state index in [0.717, 1.165) is 25.8 Å². The topological polar surface area (TPSA) is 62.3 Å². The first-order chi connectivity index (χ1) is 11.0. The summed E-state index contributed by atoms with van der Waals surface area (Å²) in [5.74, 6) is 0.177. The van der Waals surface area contributed by atoms with Gasteiger partial charge in [0.1, 0.15) is 5.69 Å². The van der Waals surface area contributed by atoms with Crippen LogP contribution in [0.15, 0.2) is 18.3 Å². The molecule has 5 nitrogen and oxygen atoms in total. The molecule has 1 aliphatic heterocycles. The Morgan fingerprint density at radius 2 is 2.17 bits per heavy atom. The van der Waals surface area contributed by atoms with Crippen molar-refractivity contribution >= 4 is 11.8 Å². The number of aromatic nitrogens is 1. The van der Waals surface area contributed by atoms with E-state index in [4.69, 9.17) is 0 Å². The van der Waals surface area contributed by atoms with Crippen LogP contribution in [0.25, 0.3) is 0 Å². The molecule has 23 heavy (non-hydrogen) atoms. The predicted molar refractivity (Wildman–Crippen MR) is 90.4 cm³/mol. The van der Waals surface area contributed by atoms with Gasteiger partial charge in [-0.25, -0.2) is 0 Å². The van der Waals surface area contributed by atoms with E-state index in [-0.39, 0.29) is 17.9 Å². The molecule has 0 spiro atoms. The quantitative estimate of drug-likeness (QED) is 0.908. The lowest BCUT2D eigenvalue weighted by atomic mass is 9.99. The number of amides is 2. The van der Waals surface area contributed by atoms with E-state index in [2.05, 4.69) is 17.2 Å². The Bertz CT molecular complexity index is 557. The Morgan fingerprint density at radius 3 is 2.87 bits per heavy atom. The molecule has 1 N–H and O–H groups in total. The van der Waals surface area contributed by atoms with Crippen molar-refractivity contribution in [2.24, 2.45) is 5.92 Å². The molecule has 1 atom stereocenters. The van der Waals surface area contributed by atoms with Gasteiger partial charge < -0.3 is 10.2 Å². The van der Waals surface area contributed by atoms with E-state index in [9.17, 15) is 9.59 Å². The highest BCUT2D eigenvalue weighted by Crippen LogP contribution is 2.21. The fourth-order valence-corrected chi connectivity index (χ4v) is 2.93. The molecule has 1 saturated heterocycles. The van der Waals surface area contributed by atoms with Crippen molar-refractivity contribution in [3.8, 4) is 0 Å². The third-order valence-corrected chi connectivity index (χ3v) is 4.27. The first-order valence-electron chi connectivity index (χ1n) is 8.58. The van der Waals surface area contributed by atoms with Crippen LogP contribution in [0.4, 0.5) is 0 Å². The van der Waals surface area contributed by atoms with Gasteiger partial charge >= 0.3 is 0 Å². The third kappa shape index (κ3) is 4.53. The van der Waals surface area contributed by atoms with E-state index in [1.807, 2.05) is 18.7 Å². The smallest absolute Gasteiger partial charge is 0.272 e. The lowest BCUT2D eigenvalue weighted by molar-refractivity contribution is 0.0602. The summed E-state index contributed by atoms with van der Waals surface area (Å²) in [7, 11) is 0. The van der Waals surface area contributed by atoms with Crippen molar-refractivity contribution in [1.29, 1.82) is 0 Å². The second kappa shape index (κ2) is 8.09. The molecule has 2 amide bonds. The maximum Gasteiger partial charge on any atom is 0.272 e. The summed E-state index contributed by atoms with van der Waals surface area (Å²) in [5.41, 5.74) is 0.858. The van der Waals surface area contributed by atoms with Crippen LogP contribution in [0.1, 0.15) is 67.3 Å². The minimum atomic E-state index is -0.152. The van der Waals surface area contributed by atoms with Crippen molar-refractivity contribution in [3.05, 3.63) is 29.6 Å². The Labute approximate surface area is 138 Å². The zero-order valence-electron chi connectivity index (χ0n) is 14.3. The maximum atomic E-state index is 12.7. The molecule has 1 aromatic heterocycles. The van der Waals surface area contributed by atoms with Gasteiger partial charge in [0.2, 0.25) is 0 Å². The fourth-order valence-electron chi connectivity index (χ4n) is 2.93. The van der Waals surface area contributed by atoms with E-state index in [1.165, 1.54) is 6.42 Å². The van der Waals surface area contributed by atoms with Crippen molar-refractivity contribution < 1.29 is 9.59 Å². The van der Waals surface area contributed by atoms with E-state index < -0.39 is 0 Å². The molecule has 0 radical (unpaired) electrons. The molecular formula is C18H27N3O2. The SMILES string of the molecule is CCC1CCCCN1C(=O)c1cc(C(=O)NCC(C)C)ccn1. The number of hydrogen-bond donors (Lipinski definition) is 1. The van der Waals surface area contributed by atoms with Crippen LogP contribution in [0.5, 0.6) is 0 Å². The summed E-state index contributed by atoms with van der Waals surface area (Å²) in [6.07, 6.45) is 5.77. The normalized spacial score (nSPS) is 18.1. The standard InChI is InChI=1S/C18H27N3O2/c1-4-15-7-5-6-10-21(15)18(23)16-11-14(8-9-19-16)17(22)20-12-13(2)3/h8-9,11,13,15H,4-7,10,12H2,1-3H3,(H,20,22). The molecule has 0 bridgehead atoms. The Kier molecular flexibility index (Phi) is 6.13. The number of nitrogens with zero attached hydrogens (tertiary/aromatic N) is 2. The summed E-state index contributed by atoms with van der Waals surface area (Å²) >= 11 is 0. The molecule has 1 unspecified atom stereocenters. The van der Waals surface area contributed by atoms with E-state index in [0.29, 0.717) is 23.7 Å². The van der Waals surface area contributed by atoms with E-state index in [1.54, 1.807) is 18.3 Å². The third-order valence-electron chi connectivity index (χ3n) is 4.27. The van der Waals surface area contributed by atoms with Gasteiger partial charge in [-0.1, -0.05) is 20.8 Å². The van der Waals surface area contributed by atoms with Crippen LogP contribution in [0, 0.1) is 5.92 Å². The van der Waals surface area contributed by atoms with Crippen molar-refractivity contribution in [3.63, 3.8) is 0 Å². The van der Waals surface area contributed by atoms with E-state index >= 15 is 0 Å². The number of hydrogen-bond acceptors (Lipinski definition) is 3. The van der Waals surface area contributed by atoms with Gasteiger partial charge in [-0.3, -0.25) is 14.6 Å². The molecule has 1 aliphatic rings. The average molecular weight is 317 g/mol. The van der Waals surface area contributed by atoms with Crippen LogP contribution in [-0.2, 0) is 0 Å². The fraction of sp³-hybridized carbons (Fsp3) is 0.611. The lowest BCUT2D eigenvalue weighted by Gasteiger charge is -2.35. The largest absolute Gasteiger partial charge is 0.352 e. The molecule has 1 fully saturated rings. The molecule has 0 aliphatic carbocycles. The number of rotatable bonds is 5. The molecular weight excluding hydrogens is 290 g/mol. The van der Waals surface area contributed by atoms with Gasteiger partial charge in [0.05, 0.1) is 0 Å². The Hall–Kier alpha value is -1.91. The van der Waals surface area contributed by atoms with Crippen molar-refractivity contribution in [2.45, 2.75) is 52.5 Å². The zero-order chi connectivity index (χ0) is 16.8. The van der Waals surface area contributed by atoms with Gasteiger partial charge in [-0.15, -0.1) is 0 Å². The first-order valence-corrected chi connectivity index (χ1v) is 8.58. The maximum absolute atomic E-state index is 12.7. The summed E-state index contributed by atoms with van der Waals surface area (Å²) in [5, 5.41) is 2.87. The molecule has 126 valence electrons. The second-order valence-corrected chi connectivity index (χ2v) is 6.59. The van der Waals surface area contributed by atoms with Gasteiger partial charge in [0, 0.05) is 30.9 Å². The highest BCUT2D eigenvalue weighted by molar-refractivity contribution is 5.98. The van der Waals surface area contributed by atoms with Crippen molar-refractivity contribution in [2.75, 3.05) is 13.1 Å². The summed E-state index contributed by atoms with van der Waals surface area (Å²) < 4.78 is 0. The average Bonchev–Trinajstić information content (AvgIpc) is 2.59.